The molecule has 6 nitrogen and oxygen atoms in total. The number of hydrogen-bond acceptors (Lipinski definition) is 4. The van der Waals surface area contributed by atoms with E-state index < -0.39 is 0 Å². The van der Waals surface area contributed by atoms with Gasteiger partial charge in [0, 0.05) is 31.7 Å². The molecule has 5 rings (SSSR count). The summed E-state index contributed by atoms with van der Waals surface area (Å²) in [6.07, 6.45) is 4.93. The van der Waals surface area contributed by atoms with E-state index in [0.29, 0.717) is 18.0 Å². The number of likely N-dealkylation sites (tertiary alicyclic amines) is 1. The van der Waals surface area contributed by atoms with E-state index in [4.69, 9.17) is 0 Å². The third-order valence-corrected chi connectivity index (χ3v) is 6.00. The molecule has 2 aliphatic rings. The van der Waals surface area contributed by atoms with Crippen molar-refractivity contribution in [3.05, 3.63) is 60.0 Å². The average molecular weight is 362 g/mol. The lowest BCUT2D eigenvalue weighted by molar-refractivity contribution is -0.00427. The smallest absolute Gasteiger partial charge is 0.255 e. The van der Waals surface area contributed by atoms with Gasteiger partial charge in [0.05, 0.1) is 18.0 Å². The number of aliphatic hydroxyl groups excluding tert-OH is 1. The van der Waals surface area contributed by atoms with Crippen LogP contribution in [0, 0.1) is 11.8 Å². The number of carbonyl (C=O) groups excluding carboxylic acids is 1. The highest BCUT2D eigenvalue weighted by molar-refractivity contribution is 5.96. The van der Waals surface area contributed by atoms with Crippen molar-refractivity contribution in [2.45, 2.75) is 25.5 Å². The van der Waals surface area contributed by atoms with E-state index in [2.05, 4.69) is 22.1 Å². The maximum Gasteiger partial charge on any atom is 0.255 e. The molecule has 3 atom stereocenters. The summed E-state index contributed by atoms with van der Waals surface area (Å²) < 4.78 is 2.03. The summed E-state index contributed by atoms with van der Waals surface area (Å²) in [6.45, 7) is 2.19. The van der Waals surface area contributed by atoms with Crippen molar-refractivity contribution in [3.63, 3.8) is 0 Å². The second-order valence-electron chi connectivity index (χ2n) is 7.68. The van der Waals surface area contributed by atoms with Crippen LogP contribution in [0.4, 0.5) is 0 Å². The highest BCUT2D eigenvalue weighted by Crippen LogP contribution is 2.41. The molecule has 1 N–H and O–H groups in total. The number of hydrogen-bond donors (Lipinski definition) is 1. The summed E-state index contributed by atoms with van der Waals surface area (Å²) in [7, 11) is 0. The molecule has 1 saturated heterocycles. The number of benzene rings is 1. The number of imidazole rings is 1. The Morgan fingerprint density at radius 2 is 2.04 bits per heavy atom. The number of aryl methyl sites for hydroxylation is 2. The fourth-order valence-corrected chi connectivity index (χ4v) is 4.34. The highest BCUT2D eigenvalue weighted by Gasteiger charge is 2.47. The van der Waals surface area contributed by atoms with E-state index in [1.807, 2.05) is 33.7 Å². The Hall–Kier alpha value is -2.73. The van der Waals surface area contributed by atoms with Crippen LogP contribution < -0.4 is 0 Å². The van der Waals surface area contributed by atoms with Gasteiger partial charge in [0.1, 0.15) is 5.52 Å². The van der Waals surface area contributed by atoms with Gasteiger partial charge in [-0.3, -0.25) is 4.79 Å². The number of amides is 1. The fourth-order valence-electron chi connectivity index (χ4n) is 4.34. The maximum atomic E-state index is 12.8. The Kier molecular flexibility index (Phi) is 3.93. The molecule has 3 aromatic rings. The minimum atomic E-state index is -0.242. The van der Waals surface area contributed by atoms with E-state index >= 15 is 0 Å². The molecular weight excluding hydrogens is 340 g/mol. The van der Waals surface area contributed by atoms with Crippen molar-refractivity contribution in [1.82, 2.24) is 19.4 Å². The number of nitrogens with zero attached hydrogens (tertiary/aromatic N) is 4. The Bertz CT molecular complexity index is 984. The third-order valence-electron chi connectivity index (χ3n) is 6.00. The molecule has 6 heteroatoms. The molecule has 3 heterocycles. The predicted octanol–water partition coefficient (Wildman–Crippen LogP) is 2.13. The molecule has 1 aliphatic carbocycles. The van der Waals surface area contributed by atoms with Crippen molar-refractivity contribution < 1.29 is 9.90 Å². The first-order valence-corrected chi connectivity index (χ1v) is 9.51. The third kappa shape index (κ3) is 2.90. The molecule has 1 aromatic carbocycles. The molecular formula is C21H22N4O2. The molecule has 1 amide bonds. The van der Waals surface area contributed by atoms with Crippen molar-refractivity contribution in [3.8, 4) is 0 Å². The second kappa shape index (κ2) is 6.46. The summed E-state index contributed by atoms with van der Waals surface area (Å²) in [6, 6.07) is 12.2. The van der Waals surface area contributed by atoms with Crippen LogP contribution in [0.15, 0.2) is 48.9 Å². The van der Waals surface area contributed by atoms with Crippen LogP contribution in [-0.4, -0.2) is 49.6 Å². The molecule has 138 valence electrons. The van der Waals surface area contributed by atoms with E-state index in [0.717, 1.165) is 37.1 Å². The summed E-state index contributed by atoms with van der Waals surface area (Å²) >= 11 is 0. The SMILES string of the molecule is O=C(c1cnc2c(c1)ncn2CCc1ccccc1)N1C[C@@H]2C[C@@H](O)[C@@H]2C1. The van der Waals surface area contributed by atoms with Gasteiger partial charge in [0.2, 0.25) is 0 Å². The Labute approximate surface area is 157 Å². The minimum absolute atomic E-state index is 0.00941. The zero-order chi connectivity index (χ0) is 18.4. The highest BCUT2D eigenvalue weighted by atomic mass is 16.3. The number of carbonyl (C=O) groups is 1. The van der Waals surface area contributed by atoms with Gasteiger partial charge in [-0.2, -0.15) is 0 Å². The summed E-state index contributed by atoms with van der Waals surface area (Å²) in [5.41, 5.74) is 3.40. The lowest BCUT2D eigenvalue weighted by atomic mass is 9.74. The first-order chi connectivity index (χ1) is 13.2. The van der Waals surface area contributed by atoms with Crippen molar-refractivity contribution >= 4 is 17.1 Å². The number of aromatic nitrogens is 3. The number of aliphatic hydroxyl groups is 1. The topological polar surface area (TPSA) is 71.2 Å². The maximum absolute atomic E-state index is 12.8. The summed E-state index contributed by atoms with van der Waals surface area (Å²) in [5, 5.41) is 9.80. The Balaban J connectivity index is 1.32. The average Bonchev–Trinajstić information content (AvgIpc) is 3.26. The molecule has 27 heavy (non-hydrogen) atoms. The Morgan fingerprint density at radius 3 is 2.81 bits per heavy atom. The first-order valence-electron chi connectivity index (χ1n) is 9.51. The van der Waals surface area contributed by atoms with Crippen molar-refractivity contribution in [1.29, 1.82) is 0 Å². The van der Waals surface area contributed by atoms with Gasteiger partial charge >= 0.3 is 0 Å². The zero-order valence-corrected chi connectivity index (χ0v) is 15.0. The van der Waals surface area contributed by atoms with Crippen LogP contribution in [0.3, 0.4) is 0 Å². The summed E-state index contributed by atoms with van der Waals surface area (Å²) in [4.78, 5) is 23.6. The second-order valence-corrected chi connectivity index (χ2v) is 7.68. The lowest BCUT2D eigenvalue weighted by Crippen LogP contribution is -2.39. The monoisotopic (exact) mass is 362 g/mol. The molecule has 0 spiro atoms. The molecule has 0 radical (unpaired) electrons. The molecule has 2 fully saturated rings. The van der Waals surface area contributed by atoms with Crippen LogP contribution in [0.25, 0.3) is 11.2 Å². The molecule has 0 bridgehead atoms. The number of rotatable bonds is 4. The van der Waals surface area contributed by atoms with E-state index in [1.165, 1.54) is 5.56 Å². The van der Waals surface area contributed by atoms with Crippen LogP contribution in [0.2, 0.25) is 0 Å². The normalized spacial score (nSPS) is 24.0. The first kappa shape index (κ1) is 16.4. The Morgan fingerprint density at radius 1 is 1.19 bits per heavy atom. The van der Waals surface area contributed by atoms with Gasteiger partial charge < -0.3 is 14.6 Å². The van der Waals surface area contributed by atoms with Gasteiger partial charge in [-0.25, -0.2) is 9.97 Å². The summed E-state index contributed by atoms with van der Waals surface area (Å²) in [5.74, 6) is 0.700. The van der Waals surface area contributed by atoms with Gasteiger partial charge in [0.25, 0.3) is 5.91 Å². The zero-order valence-electron chi connectivity index (χ0n) is 15.0. The van der Waals surface area contributed by atoms with Gasteiger partial charge in [-0.05, 0) is 30.4 Å². The van der Waals surface area contributed by atoms with Gasteiger partial charge in [-0.1, -0.05) is 30.3 Å². The fraction of sp³-hybridized carbons (Fsp3) is 0.381. The van der Waals surface area contributed by atoms with Crippen LogP contribution >= 0.6 is 0 Å². The van der Waals surface area contributed by atoms with E-state index in [1.54, 1.807) is 12.5 Å². The molecule has 1 aliphatic heterocycles. The van der Waals surface area contributed by atoms with Crippen molar-refractivity contribution in [2.24, 2.45) is 11.8 Å². The van der Waals surface area contributed by atoms with E-state index in [-0.39, 0.29) is 17.9 Å². The molecule has 1 saturated carbocycles. The minimum Gasteiger partial charge on any atom is -0.393 e. The van der Waals surface area contributed by atoms with Gasteiger partial charge in [0.15, 0.2) is 5.65 Å². The van der Waals surface area contributed by atoms with Crippen LogP contribution in [0.1, 0.15) is 22.3 Å². The predicted molar refractivity (Wildman–Crippen MR) is 101 cm³/mol. The molecule has 2 aromatic heterocycles. The quantitative estimate of drug-likeness (QED) is 0.772. The number of pyridine rings is 1. The van der Waals surface area contributed by atoms with Crippen LogP contribution in [0.5, 0.6) is 0 Å². The van der Waals surface area contributed by atoms with Crippen LogP contribution in [-0.2, 0) is 13.0 Å². The molecule has 0 unspecified atom stereocenters. The standard InChI is InChI=1S/C21H22N4O2/c26-19-9-16-11-25(12-17(16)19)21(27)15-8-18-20(22-10-15)24(13-23-18)7-6-14-4-2-1-3-5-14/h1-5,8,10,13,16-17,19,26H,6-7,9,11-12H2/t16-,17+,19+/m0/s1. The van der Waals surface area contributed by atoms with Gasteiger partial charge in [-0.15, -0.1) is 0 Å². The number of fused-ring (bicyclic) bond motifs is 2. The largest absolute Gasteiger partial charge is 0.393 e. The van der Waals surface area contributed by atoms with E-state index in [9.17, 15) is 9.90 Å². The van der Waals surface area contributed by atoms with Crippen molar-refractivity contribution in [2.75, 3.05) is 13.1 Å². The lowest BCUT2D eigenvalue weighted by Gasteiger charge is -2.34.